The van der Waals surface area contributed by atoms with Gasteiger partial charge in [-0.1, -0.05) is 0 Å². The van der Waals surface area contributed by atoms with Crippen molar-refractivity contribution in [2.24, 2.45) is 0 Å². The average Bonchev–Trinajstić information content (AvgIpc) is 2.71. The molecule has 90 valence electrons. The molecule has 0 aliphatic rings. The van der Waals surface area contributed by atoms with Gasteiger partial charge in [-0.2, -0.15) is 0 Å². The summed E-state index contributed by atoms with van der Waals surface area (Å²) in [7, 11) is 0. The first-order valence-electron chi connectivity index (χ1n) is 3.92. The lowest BCUT2D eigenvalue weighted by atomic mass is 10.1. The van der Waals surface area contributed by atoms with Crippen LogP contribution in [0.2, 0.25) is 0 Å². The molecule has 1 aromatic heterocycles. The predicted octanol–water partition coefficient (Wildman–Crippen LogP) is 1.99. The van der Waals surface area contributed by atoms with Gasteiger partial charge >= 0.3 is 5.82 Å². The van der Waals surface area contributed by atoms with E-state index in [1.807, 2.05) is 0 Å². The van der Waals surface area contributed by atoms with Gasteiger partial charge in [0.15, 0.2) is 23.3 Å². The van der Waals surface area contributed by atoms with Crippen LogP contribution in [-0.2, 0) is 0 Å². The van der Waals surface area contributed by atoms with Crippen LogP contribution in [-0.4, -0.2) is 5.16 Å². The van der Waals surface area contributed by atoms with Gasteiger partial charge in [-0.05, 0) is 5.16 Å². The Kier molecular flexibility index (Phi) is 2.45. The van der Waals surface area contributed by atoms with Crippen LogP contribution in [0.1, 0.15) is 0 Å². The fraction of sp³-hybridized carbons (Fsp3) is 0. The van der Waals surface area contributed by atoms with Gasteiger partial charge in [-0.25, -0.2) is 26.7 Å². The Bertz CT molecular complexity index is 618. The van der Waals surface area contributed by atoms with Crippen LogP contribution in [0.4, 0.5) is 22.0 Å². The Labute approximate surface area is 88.2 Å². The van der Waals surface area contributed by atoms with Gasteiger partial charge in [-0.3, -0.25) is 4.52 Å². The molecule has 0 unspecified atom stereocenters. The summed E-state index contributed by atoms with van der Waals surface area (Å²) in [6.45, 7) is 0. The van der Waals surface area contributed by atoms with Crippen LogP contribution in [0, 0.1) is 29.1 Å². The third-order valence-corrected chi connectivity index (χ3v) is 1.81. The molecule has 17 heavy (non-hydrogen) atoms. The maximum atomic E-state index is 13.1. The van der Waals surface area contributed by atoms with E-state index in [0.717, 1.165) is 0 Å². The molecule has 0 saturated carbocycles. The monoisotopic (exact) mass is 253 g/mol. The molecule has 0 N–H and O–H groups in total. The number of benzene rings is 1. The van der Waals surface area contributed by atoms with Crippen molar-refractivity contribution in [2.75, 3.05) is 0 Å². The normalized spacial score (nSPS) is 10.9. The molecule has 9 heteroatoms. The van der Waals surface area contributed by atoms with Crippen molar-refractivity contribution in [1.82, 2.24) is 5.16 Å². The summed E-state index contributed by atoms with van der Waals surface area (Å²) >= 11 is 0. The molecule has 0 saturated heterocycles. The Morgan fingerprint density at radius 1 is 0.824 bits per heavy atom. The highest BCUT2D eigenvalue weighted by Gasteiger charge is 2.29. The first-order valence-corrected chi connectivity index (χ1v) is 3.92. The molecule has 0 bridgehead atoms. The second-order valence-corrected chi connectivity index (χ2v) is 2.78. The van der Waals surface area contributed by atoms with Crippen molar-refractivity contribution in [1.29, 1.82) is 0 Å². The first kappa shape index (κ1) is 11.3. The number of aromatic nitrogens is 1. The van der Waals surface area contributed by atoms with Crippen molar-refractivity contribution < 1.29 is 30.9 Å². The maximum Gasteiger partial charge on any atom is 0.542 e. The standard InChI is InChI=1S/C8F5NO3/c9-2-1(7-14-17-8(15)16-7)3(10)5(12)6(13)4(2)11. The largest absolute Gasteiger partial charge is 0.542 e. The van der Waals surface area contributed by atoms with E-state index in [1.54, 1.807) is 0 Å². The van der Waals surface area contributed by atoms with Crippen molar-refractivity contribution >= 4 is 0 Å². The topological polar surface area (TPSA) is 56.2 Å². The molecule has 0 atom stereocenters. The zero-order valence-corrected chi connectivity index (χ0v) is 7.56. The lowest BCUT2D eigenvalue weighted by Crippen LogP contribution is -2.04. The minimum absolute atomic E-state index is 1.14. The number of nitrogens with zero attached hydrogens (tertiary/aromatic N) is 1. The Morgan fingerprint density at radius 3 is 1.71 bits per heavy atom. The Hall–Kier alpha value is -2.19. The van der Waals surface area contributed by atoms with Gasteiger partial charge in [0, 0.05) is 0 Å². The minimum atomic E-state index is -2.32. The predicted molar refractivity (Wildman–Crippen MR) is 40.3 cm³/mol. The van der Waals surface area contributed by atoms with Crippen molar-refractivity contribution in [3.8, 4) is 11.5 Å². The highest BCUT2D eigenvalue weighted by Crippen LogP contribution is 2.29. The van der Waals surface area contributed by atoms with E-state index < -0.39 is 46.4 Å². The molecule has 4 nitrogen and oxygen atoms in total. The summed E-state index contributed by atoms with van der Waals surface area (Å²) < 4.78 is 72.2. The molecule has 2 rings (SSSR count). The summed E-state index contributed by atoms with van der Waals surface area (Å²) in [5.41, 5.74) is -1.47. The van der Waals surface area contributed by atoms with Crippen LogP contribution in [0.15, 0.2) is 13.7 Å². The molecule has 0 radical (unpaired) electrons. The third-order valence-electron chi connectivity index (χ3n) is 1.81. The fourth-order valence-corrected chi connectivity index (χ4v) is 1.08. The summed E-state index contributed by atoms with van der Waals surface area (Å²) in [5, 5.41) is 2.73. The van der Waals surface area contributed by atoms with Crippen LogP contribution in [0.5, 0.6) is 0 Å². The van der Waals surface area contributed by atoms with Gasteiger partial charge in [0.25, 0.3) is 5.89 Å². The van der Waals surface area contributed by atoms with Gasteiger partial charge in [0.05, 0.1) is 0 Å². The van der Waals surface area contributed by atoms with Crippen LogP contribution in [0.3, 0.4) is 0 Å². The second-order valence-electron chi connectivity index (χ2n) is 2.78. The SMILES string of the molecule is O=c1onc(-c2c(F)c(F)c(F)c(F)c2F)o1. The highest BCUT2D eigenvalue weighted by atomic mass is 19.2. The summed E-state index contributed by atoms with van der Waals surface area (Å²) in [6.07, 6.45) is 0. The molecular formula is C8F5NO3. The van der Waals surface area contributed by atoms with Crippen molar-refractivity contribution in [2.45, 2.75) is 0 Å². The van der Waals surface area contributed by atoms with E-state index in [1.165, 1.54) is 0 Å². The highest BCUT2D eigenvalue weighted by molar-refractivity contribution is 5.55. The van der Waals surface area contributed by atoms with Crippen molar-refractivity contribution in [3.05, 3.63) is 39.7 Å². The Morgan fingerprint density at radius 2 is 1.29 bits per heavy atom. The fourth-order valence-electron chi connectivity index (χ4n) is 1.08. The number of rotatable bonds is 1. The first-order chi connectivity index (χ1) is 7.93. The van der Waals surface area contributed by atoms with Gasteiger partial charge < -0.3 is 4.42 Å². The Balaban J connectivity index is 2.83. The molecule has 1 heterocycles. The summed E-state index contributed by atoms with van der Waals surface area (Å²) in [4.78, 5) is 10.4. The summed E-state index contributed by atoms with van der Waals surface area (Å²) in [5.74, 6) is -13.6. The van der Waals surface area contributed by atoms with E-state index >= 15 is 0 Å². The lowest BCUT2D eigenvalue weighted by molar-refractivity contribution is 0.335. The minimum Gasteiger partial charge on any atom is -0.370 e. The van der Waals surface area contributed by atoms with Crippen LogP contribution < -0.4 is 5.82 Å². The van der Waals surface area contributed by atoms with Gasteiger partial charge in [0.2, 0.25) is 5.82 Å². The summed E-state index contributed by atoms with van der Waals surface area (Å²) in [6, 6.07) is 0. The molecule has 0 aliphatic carbocycles. The van der Waals surface area contributed by atoms with Gasteiger partial charge in [0.1, 0.15) is 5.56 Å². The maximum absolute atomic E-state index is 13.1. The van der Waals surface area contributed by atoms with Crippen LogP contribution >= 0.6 is 0 Å². The van der Waals surface area contributed by atoms with Gasteiger partial charge in [-0.15, -0.1) is 0 Å². The zero-order chi connectivity index (χ0) is 12.7. The van der Waals surface area contributed by atoms with E-state index in [-0.39, 0.29) is 0 Å². The van der Waals surface area contributed by atoms with Crippen molar-refractivity contribution in [3.63, 3.8) is 0 Å². The number of hydrogen-bond acceptors (Lipinski definition) is 4. The second kappa shape index (κ2) is 3.68. The average molecular weight is 253 g/mol. The molecule has 1 aromatic carbocycles. The van der Waals surface area contributed by atoms with Crippen LogP contribution in [0.25, 0.3) is 11.5 Å². The quantitative estimate of drug-likeness (QED) is 0.443. The van der Waals surface area contributed by atoms with E-state index in [0.29, 0.717) is 0 Å². The molecule has 2 aromatic rings. The zero-order valence-electron chi connectivity index (χ0n) is 7.56. The number of halogens is 5. The number of hydrogen-bond donors (Lipinski definition) is 0. The van der Waals surface area contributed by atoms with E-state index in [2.05, 4.69) is 14.1 Å². The molecule has 0 spiro atoms. The van der Waals surface area contributed by atoms with E-state index in [9.17, 15) is 26.7 Å². The smallest absolute Gasteiger partial charge is 0.370 e. The molecule has 0 aliphatic heterocycles. The lowest BCUT2D eigenvalue weighted by Gasteiger charge is -2.03. The molecule has 0 fully saturated rings. The molecular weight excluding hydrogens is 253 g/mol. The van der Waals surface area contributed by atoms with E-state index in [4.69, 9.17) is 0 Å². The third kappa shape index (κ3) is 1.59. The molecule has 0 amide bonds.